The molecular formula is C10H9ClN4O2. The number of nitro benzene ring substituents is 1. The van der Waals surface area contributed by atoms with Gasteiger partial charge in [-0.3, -0.25) is 10.1 Å². The summed E-state index contributed by atoms with van der Waals surface area (Å²) in [5, 5.41) is 18.3. The highest BCUT2D eigenvalue weighted by Crippen LogP contribution is 2.13. The van der Waals surface area contributed by atoms with E-state index in [1.54, 1.807) is 23.0 Å². The Morgan fingerprint density at radius 2 is 2.29 bits per heavy atom. The molecule has 7 heteroatoms. The van der Waals surface area contributed by atoms with Crippen LogP contribution in [0.2, 0.25) is 0 Å². The molecule has 0 aliphatic heterocycles. The number of halogens is 1. The zero-order chi connectivity index (χ0) is 12.3. The molecule has 0 spiro atoms. The van der Waals surface area contributed by atoms with E-state index >= 15 is 0 Å². The molecule has 0 bridgehead atoms. The van der Waals surface area contributed by atoms with Crippen LogP contribution in [0, 0.1) is 10.1 Å². The lowest BCUT2D eigenvalue weighted by Gasteiger charge is -2.00. The van der Waals surface area contributed by atoms with Gasteiger partial charge in [0.15, 0.2) is 0 Å². The van der Waals surface area contributed by atoms with E-state index < -0.39 is 4.92 Å². The average Bonchev–Trinajstić information content (AvgIpc) is 2.77. The molecule has 88 valence electrons. The molecular weight excluding hydrogens is 244 g/mol. The van der Waals surface area contributed by atoms with Crippen LogP contribution in [0.1, 0.15) is 11.3 Å². The quantitative estimate of drug-likeness (QED) is 0.474. The van der Waals surface area contributed by atoms with Crippen LogP contribution in [0.25, 0.3) is 0 Å². The van der Waals surface area contributed by atoms with Crippen molar-refractivity contribution in [3.05, 3.63) is 51.8 Å². The molecule has 0 N–H and O–H groups in total. The second-order valence-electron chi connectivity index (χ2n) is 3.47. The molecule has 0 aliphatic rings. The van der Waals surface area contributed by atoms with E-state index in [0.717, 1.165) is 5.56 Å². The Kier molecular flexibility index (Phi) is 3.34. The van der Waals surface area contributed by atoms with Crippen molar-refractivity contribution in [3.8, 4) is 0 Å². The van der Waals surface area contributed by atoms with Crippen molar-refractivity contribution in [1.29, 1.82) is 0 Å². The van der Waals surface area contributed by atoms with Gasteiger partial charge in [-0.15, -0.1) is 16.7 Å². The van der Waals surface area contributed by atoms with Crippen LogP contribution in [-0.2, 0) is 12.4 Å². The smallest absolute Gasteiger partial charge is 0.258 e. The molecule has 2 rings (SSSR count). The fourth-order valence-corrected chi connectivity index (χ4v) is 1.55. The lowest BCUT2D eigenvalue weighted by molar-refractivity contribution is -0.384. The summed E-state index contributed by atoms with van der Waals surface area (Å²) in [6.07, 6.45) is 1.71. The highest BCUT2D eigenvalue weighted by Gasteiger charge is 2.06. The Morgan fingerprint density at radius 1 is 1.47 bits per heavy atom. The predicted octanol–water partition coefficient (Wildman–Crippen LogP) is 1.97. The number of non-ortho nitro benzene ring substituents is 1. The number of aromatic nitrogens is 3. The predicted molar refractivity (Wildman–Crippen MR) is 61.8 cm³/mol. The van der Waals surface area contributed by atoms with Crippen molar-refractivity contribution in [2.24, 2.45) is 0 Å². The number of hydrogen-bond acceptors (Lipinski definition) is 4. The summed E-state index contributed by atoms with van der Waals surface area (Å²) in [6, 6.07) is 6.42. The highest BCUT2D eigenvalue weighted by molar-refractivity contribution is 6.16. The Labute approximate surface area is 102 Å². The highest BCUT2D eigenvalue weighted by atomic mass is 35.5. The number of nitro groups is 1. The third-order valence-corrected chi connectivity index (χ3v) is 2.46. The molecule has 17 heavy (non-hydrogen) atoms. The summed E-state index contributed by atoms with van der Waals surface area (Å²) < 4.78 is 1.59. The summed E-state index contributed by atoms with van der Waals surface area (Å²) in [6.45, 7) is 0.436. The maximum atomic E-state index is 10.6. The number of alkyl halides is 1. The summed E-state index contributed by atoms with van der Waals surface area (Å²) in [5.74, 6) is 0.301. The Morgan fingerprint density at radius 3 is 2.94 bits per heavy atom. The second-order valence-corrected chi connectivity index (χ2v) is 3.74. The summed E-state index contributed by atoms with van der Waals surface area (Å²) >= 11 is 5.60. The lowest BCUT2D eigenvalue weighted by Crippen LogP contribution is -2.01. The largest absolute Gasteiger partial charge is 0.269 e. The van der Waals surface area contributed by atoms with Crippen LogP contribution >= 0.6 is 11.6 Å². The van der Waals surface area contributed by atoms with Gasteiger partial charge in [0, 0.05) is 12.1 Å². The molecule has 2 aromatic rings. The summed E-state index contributed by atoms with van der Waals surface area (Å²) in [7, 11) is 0. The maximum absolute atomic E-state index is 10.6. The van der Waals surface area contributed by atoms with Crippen LogP contribution in [-0.4, -0.2) is 19.9 Å². The molecule has 0 saturated carbocycles. The first kappa shape index (κ1) is 11.5. The first-order valence-corrected chi connectivity index (χ1v) is 5.41. The van der Waals surface area contributed by atoms with Crippen molar-refractivity contribution in [2.45, 2.75) is 12.4 Å². The standard InChI is InChI=1S/C10H9ClN4O2/c11-5-9-7-14(13-12-9)6-8-2-1-3-10(4-8)15(16)17/h1-4,7H,5-6H2. The molecule has 0 atom stereocenters. The number of nitrogens with zero attached hydrogens (tertiary/aromatic N) is 4. The van der Waals surface area contributed by atoms with E-state index in [0.29, 0.717) is 18.1 Å². The van der Waals surface area contributed by atoms with Gasteiger partial charge in [-0.2, -0.15) is 0 Å². The molecule has 0 radical (unpaired) electrons. The van der Waals surface area contributed by atoms with Crippen LogP contribution in [0.5, 0.6) is 0 Å². The van der Waals surface area contributed by atoms with Crippen molar-refractivity contribution in [1.82, 2.24) is 15.0 Å². The van der Waals surface area contributed by atoms with Crippen LogP contribution in [0.15, 0.2) is 30.5 Å². The number of hydrogen-bond donors (Lipinski definition) is 0. The zero-order valence-electron chi connectivity index (χ0n) is 8.78. The summed E-state index contributed by atoms with van der Waals surface area (Å²) in [4.78, 5) is 10.2. The van der Waals surface area contributed by atoms with E-state index in [1.807, 2.05) is 0 Å². The molecule has 1 aromatic heterocycles. The van der Waals surface area contributed by atoms with Gasteiger partial charge in [-0.05, 0) is 5.56 Å². The fourth-order valence-electron chi connectivity index (χ4n) is 1.43. The molecule has 0 fully saturated rings. The van der Waals surface area contributed by atoms with Gasteiger partial charge in [0.2, 0.25) is 0 Å². The third-order valence-electron chi connectivity index (χ3n) is 2.19. The molecule has 0 aliphatic carbocycles. The van der Waals surface area contributed by atoms with Gasteiger partial charge in [-0.25, -0.2) is 4.68 Å². The Hall–Kier alpha value is -1.95. The third kappa shape index (κ3) is 2.79. The average molecular weight is 253 g/mol. The number of benzene rings is 1. The van der Waals surface area contributed by atoms with E-state index in [4.69, 9.17) is 11.6 Å². The van der Waals surface area contributed by atoms with Crippen LogP contribution in [0.4, 0.5) is 5.69 Å². The molecule has 1 heterocycles. The lowest BCUT2D eigenvalue weighted by atomic mass is 10.2. The Balaban J connectivity index is 2.18. The second kappa shape index (κ2) is 4.92. The van der Waals surface area contributed by atoms with Crippen molar-refractivity contribution >= 4 is 17.3 Å². The molecule has 0 unspecified atom stereocenters. The van der Waals surface area contributed by atoms with E-state index in [2.05, 4.69) is 10.3 Å². The van der Waals surface area contributed by atoms with Gasteiger partial charge < -0.3 is 0 Å². The minimum absolute atomic E-state index is 0.0696. The minimum atomic E-state index is -0.422. The van der Waals surface area contributed by atoms with Gasteiger partial charge in [0.1, 0.15) is 0 Å². The van der Waals surface area contributed by atoms with Gasteiger partial charge in [-0.1, -0.05) is 17.3 Å². The molecule has 1 aromatic carbocycles. The van der Waals surface area contributed by atoms with Gasteiger partial charge >= 0.3 is 0 Å². The topological polar surface area (TPSA) is 73.8 Å². The number of rotatable bonds is 4. The van der Waals surface area contributed by atoms with Crippen molar-refractivity contribution < 1.29 is 4.92 Å². The maximum Gasteiger partial charge on any atom is 0.269 e. The van der Waals surface area contributed by atoms with Crippen LogP contribution in [0.3, 0.4) is 0 Å². The molecule has 6 nitrogen and oxygen atoms in total. The fraction of sp³-hybridized carbons (Fsp3) is 0.200. The van der Waals surface area contributed by atoms with E-state index in [1.165, 1.54) is 12.1 Å². The first-order chi connectivity index (χ1) is 8.19. The first-order valence-electron chi connectivity index (χ1n) is 4.87. The monoisotopic (exact) mass is 252 g/mol. The van der Waals surface area contributed by atoms with Gasteiger partial charge in [0.25, 0.3) is 5.69 Å². The molecule has 0 amide bonds. The SMILES string of the molecule is O=[N+]([O-])c1cccc(Cn2cc(CCl)nn2)c1. The zero-order valence-corrected chi connectivity index (χ0v) is 9.54. The van der Waals surface area contributed by atoms with Crippen molar-refractivity contribution in [3.63, 3.8) is 0 Å². The van der Waals surface area contributed by atoms with Gasteiger partial charge in [0.05, 0.1) is 29.2 Å². The Bertz CT molecular complexity index is 541. The van der Waals surface area contributed by atoms with Crippen molar-refractivity contribution in [2.75, 3.05) is 0 Å². The normalized spacial score (nSPS) is 10.4. The van der Waals surface area contributed by atoms with E-state index in [9.17, 15) is 10.1 Å². The summed E-state index contributed by atoms with van der Waals surface area (Å²) in [5.41, 5.74) is 1.54. The minimum Gasteiger partial charge on any atom is -0.258 e. The van der Waals surface area contributed by atoms with Crippen LogP contribution < -0.4 is 0 Å². The molecule has 0 saturated heterocycles. The van der Waals surface area contributed by atoms with E-state index in [-0.39, 0.29) is 5.69 Å².